The van der Waals surface area contributed by atoms with Crippen molar-refractivity contribution in [2.45, 2.75) is 52.5 Å². The van der Waals surface area contributed by atoms with Crippen LogP contribution in [0.15, 0.2) is 0 Å². The summed E-state index contributed by atoms with van der Waals surface area (Å²) >= 11 is 0. The maximum atomic E-state index is 12.3. The van der Waals surface area contributed by atoms with Crippen molar-refractivity contribution in [2.75, 3.05) is 19.8 Å². The zero-order chi connectivity index (χ0) is 13.8. The van der Waals surface area contributed by atoms with Gasteiger partial charge in [-0.2, -0.15) is 0 Å². The van der Waals surface area contributed by atoms with Crippen LogP contribution in [0, 0.1) is 0 Å². The predicted molar refractivity (Wildman–Crippen MR) is 71.1 cm³/mol. The normalized spacial score (nSPS) is 23.9. The molecule has 0 aromatic carbocycles. The van der Waals surface area contributed by atoms with Gasteiger partial charge in [-0.3, -0.25) is 9.69 Å². The van der Waals surface area contributed by atoms with Crippen LogP contribution in [0.1, 0.15) is 47.0 Å². The average molecular weight is 255 g/mol. The van der Waals surface area contributed by atoms with Crippen molar-refractivity contribution in [1.82, 2.24) is 15.1 Å². The van der Waals surface area contributed by atoms with E-state index in [1.54, 1.807) is 0 Å². The van der Waals surface area contributed by atoms with Crippen LogP contribution in [0.5, 0.6) is 0 Å². The van der Waals surface area contributed by atoms with E-state index in [0.29, 0.717) is 13.1 Å². The summed E-state index contributed by atoms with van der Waals surface area (Å²) in [4.78, 5) is 27.6. The summed E-state index contributed by atoms with van der Waals surface area (Å²) in [7, 11) is 0. The Morgan fingerprint density at radius 2 is 1.83 bits per heavy atom. The number of unbranched alkanes of at least 4 members (excludes halogenated alkanes) is 1. The molecule has 0 aromatic rings. The number of rotatable bonds is 7. The number of amides is 3. The smallest absolute Gasteiger partial charge is 0.323 e. The van der Waals surface area contributed by atoms with Crippen LogP contribution in [0.25, 0.3) is 0 Å². The van der Waals surface area contributed by atoms with E-state index in [1.165, 1.54) is 4.90 Å². The van der Waals surface area contributed by atoms with Gasteiger partial charge in [-0.05, 0) is 26.4 Å². The Kier molecular flexibility index (Phi) is 5.14. The van der Waals surface area contributed by atoms with Gasteiger partial charge in [0, 0.05) is 0 Å². The molecule has 1 atom stereocenters. The zero-order valence-corrected chi connectivity index (χ0v) is 12.0. The summed E-state index contributed by atoms with van der Waals surface area (Å²) in [6, 6.07) is -0.259. The third kappa shape index (κ3) is 3.02. The Balaban J connectivity index is 2.71. The quantitative estimate of drug-likeness (QED) is 0.706. The topological polar surface area (TPSA) is 52.7 Å². The molecule has 1 aliphatic rings. The van der Waals surface area contributed by atoms with Crippen LogP contribution < -0.4 is 5.32 Å². The number of nitrogens with zero attached hydrogens (tertiary/aromatic N) is 2. The molecule has 1 fully saturated rings. The molecule has 0 aromatic heterocycles. The molecule has 1 N–H and O–H groups in total. The molecule has 1 saturated heterocycles. The van der Waals surface area contributed by atoms with Gasteiger partial charge < -0.3 is 5.32 Å². The molecule has 18 heavy (non-hydrogen) atoms. The molecule has 0 radical (unpaired) electrons. The summed E-state index contributed by atoms with van der Waals surface area (Å²) < 4.78 is 0. The van der Waals surface area contributed by atoms with Crippen LogP contribution in [0.2, 0.25) is 0 Å². The van der Waals surface area contributed by atoms with Gasteiger partial charge >= 0.3 is 6.03 Å². The SMILES string of the molecule is CCCCC1(C)NC(=O)N(CN(CC)CC)C1=O. The second-order valence-corrected chi connectivity index (χ2v) is 5.04. The molecular formula is C13H25N3O2. The molecule has 0 saturated carbocycles. The fraction of sp³-hybridized carbons (Fsp3) is 0.846. The number of urea groups is 1. The third-order valence-corrected chi connectivity index (χ3v) is 3.61. The van der Waals surface area contributed by atoms with Gasteiger partial charge in [0.2, 0.25) is 0 Å². The van der Waals surface area contributed by atoms with Crippen molar-refractivity contribution in [3.63, 3.8) is 0 Å². The molecule has 1 aliphatic heterocycles. The molecule has 0 spiro atoms. The Bertz CT molecular complexity index is 315. The van der Waals surface area contributed by atoms with E-state index in [1.807, 2.05) is 20.8 Å². The maximum Gasteiger partial charge on any atom is 0.326 e. The van der Waals surface area contributed by atoms with Crippen molar-refractivity contribution >= 4 is 11.9 Å². The van der Waals surface area contributed by atoms with E-state index < -0.39 is 5.54 Å². The van der Waals surface area contributed by atoms with Crippen molar-refractivity contribution < 1.29 is 9.59 Å². The largest absolute Gasteiger partial charge is 0.326 e. The zero-order valence-electron chi connectivity index (χ0n) is 12.0. The highest BCUT2D eigenvalue weighted by Crippen LogP contribution is 2.23. The summed E-state index contributed by atoms with van der Waals surface area (Å²) in [5, 5.41) is 2.83. The lowest BCUT2D eigenvalue weighted by Crippen LogP contribution is -2.45. The first-order valence-corrected chi connectivity index (χ1v) is 6.85. The van der Waals surface area contributed by atoms with Crippen molar-refractivity contribution in [2.24, 2.45) is 0 Å². The van der Waals surface area contributed by atoms with E-state index >= 15 is 0 Å². The lowest BCUT2D eigenvalue weighted by atomic mass is 9.95. The molecule has 0 bridgehead atoms. The van der Waals surface area contributed by atoms with E-state index in [0.717, 1.165) is 25.9 Å². The summed E-state index contributed by atoms with van der Waals surface area (Å²) in [5.41, 5.74) is -0.708. The highest BCUT2D eigenvalue weighted by molar-refractivity contribution is 6.06. The minimum absolute atomic E-state index is 0.0900. The van der Waals surface area contributed by atoms with Crippen LogP contribution in [-0.4, -0.2) is 47.0 Å². The monoisotopic (exact) mass is 255 g/mol. The second-order valence-electron chi connectivity index (χ2n) is 5.04. The second kappa shape index (κ2) is 6.18. The number of hydrogen-bond acceptors (Lipinski definition) is 3. The van der Waals surface area contributed by atoms with Gasteiger partial charge in [0.15, 0.2) is 0 Å². The Morgan fingerprint density at radius 3 is 2.33 bits per heavy atom. The first-order chi connectivity index (χ1) is 8.48. The van der Waals surface area contributed by atoms with Crippen LogP contribution in [0.3, 0.4) is 0 Å². The average Bonchev–Trinajstić information content (AvgIpc) is 2.56. The van der Waals surface area contributed by atoms with E-state index in [9.17, 15) is 9.59 Å². The van der Waals surface area contributed by atoms with Gasteiger partial charge in [-0.1, -0.05) is 33.6 Å². The molecule has 1 unspecified atom stereocenters. The van der Waals surface area contributed by atoms with Crippen molar-refractivity contribution in [1.29, 1.82) is 0 Å². The van der Waals surface area contributed by atoms with Crippen LogP contribution >= 0.6 is 0 Å². The molecule has 0 aliphatic carbocycles. The number of imide groups is 1. The summed E-state index contributed by atoms with van der Waals surface area (Å²) in [6.45, 7) is 10.0. The van der Waals surface area contributed by atoms with Crippen LogP contribution in [-0.2, 0) is 4.79 Å². The number of nitrogens with one attached hydrogen (secondary N) is 1. The first kappa shape index (κ1) is 15.0. The Labute approximate surface area is 110 Å². The van der Waals surface area contributed by atoms with Gasteiger partial charge in [-0.25, -0.2) is 9.69 Å². The van der Waals surface area contributed by atoms with Crippen molar-refractivity contribution in [3.05, 3.63) is 0 Å². The summed E-state index contributed by atoms with van der Waals surface area (Å²) in [6.07, 6.45) is 2.68. The number of hydrogen-bond donors (Lipinski definition) is 1. The number of carbonyl (C=O) groups excluding carboxylic acids is 2. The molecule has 5 heteroatoms. The van der Waals surface area contributed by atoms with Gasteiger partial charge in [0.25, 0.3) is 5.91 Å². The fourth-order valence-corrected chi connectivity index (χ4v) is 2.20. The summed E-state index contributed by atoms with van der Waals surface area (Å²) in [5.74, 6) is -0.0900. The number of carbonyl (C=O) groups is 2. The highest BCUT2D eigenvalue weighted by atomic mass is 16.2. The third-order valence-electron chi connectivity index (χ3n) is 3.61. The molecule has 104 valence electrons. The van der Waals surface area contributed by atoms with Gasteiger partial charge in [0.1, 0.15) is 5.54 Å². The minimum Gasteiger partial charge on any atom is -0.323 e. The predicted octanol–water partition coefficient (Wildman–Crippen LogP) is 1.79. The highest BCUT2D eigenvalue weighted by Gasteiger charge is 2.47. The van der Waals surface area contributed by atoms with Gasteiger partial charge in [0.05, 0.1) is 6.67 Å². The molecular weight excluding hydrogens is 230 g/mol. The lowest BCUT2D eigenvalue weighted by Gasteiger charge is -2.25. The van der Waals surface area contributed by atoms with E-state index in [-0.39, 0.29) is 11.9 Å². The first-order valence-electron chi connectivity index (χ1n) is 6.85. The molecule has 1 heterocycles. The minimum atomic E-state index is -0.708. The molecule has 3 amide bonds. The Morgan fingerprint density at radius 1 is 1.22 bits per heavy atom. The van der Waals surface area contributed by atoms with Gasteiger partial charge in [-0.15, -0.1) is 0 Å². The maximum absolute atomic E-state index is 12.3. The molecule has 1 rings (SSSR count). The lowest BCUT2D eigenvalue weighted by molar-refractivity contribution is -0.132. The van der Waals surface area contributed by atoms with Crippen molar-refractivity contribution in [3.8, 4) is 0 Å². The molecule has 5 nitrogen and oxygen atoms in total. The fourth-order valence-electron chi connectivity index (χ4n) is 2.20. The standard InChI is InChI=1S/C13H25N3O2/c1-5-8-9-13(4)11(17)16(12(18)14-13)10-15(6-2)7-3/h5-10H2,1-4H3,(H,14,18). The Hall–Kier alpha value is -1.10. The van der Waals surface area contributed by atoms with Crippen LogP contribution in [0.4, 0.5) is 4.79 Å². The van der Waals surface area contributed by atoms with E-state index in [2.05, 4.69) is 17.1 Å². The van der Waals surface area contributed by atoms with E-state index in [4.69, 9.17) is 0 Å².